The maximum atomic E-state index is 13.9. The zero-order valence-electron chi connectivity index (χ0n) is 23.4. The average Bonchev–Trinajstić information content (AvgIpc) is 2.91. The van der Waals surface area contributed by atoms with E-state index in [1.807, 2.05) is 0 Å². The Hall–Kier alpha value is -2.42. The highest BCUT2D eigenvalue weighted by atomic mass is 35.5. The van der Waals surface area contributed by atoms with Gasteiger partial charge in [0.05, 0.1) is 16.4 Å². The number of alkyl halides is 6. The van der Waals surface area contributed by atoms with Gasteiger partial charge in [-0.1, -0.05) is 6.07 Å². The monoisotopic (exact) mass is 659 g/mol. The third kappa shape index (κ3) is 8.00. The molecule has 1 amide bonds. The maximum absolute atomic E-state index is 13.9. The number of aryl methyl sites for hydroxylation is 1. The van der Waals surface area contributed by atoms with E-state index in [4.69, 9.17) is 0 Å². The lowest BCUT2D eigenvalue weighted by Gasteiger charge is -2.41. The van der Waals surface area contributed by atoms with Crippen LogP contribution in [-0.2, 0) is 33.7 Å². The maximum Gasteiger partial charge on any atom is 0.416 e. The Morgan fingerprint density at radius 1 is 0.977 bits per heavy atom. The highest BCUT2D eigenvalue weighted by Crippen LogP contribution is 2.39. The van der Waals surface area contributed by atoms with E-state index in [1.54, 1.807) is 6.92 Å². The first-order valence-corrected chi connectivity index (χ1v) is 15.0. The predicted molar refractivity (Wildman–Crippen MR) is 149 cm³/mol. The third-order valence-electron chi connectivity index (χ3n) is 8.03. The summed E-state index contributed by atoms with van der Waals surface area (Å²) in [4.78, 5) is 14.8. The number of carbonyl (C=O) groups excluding carboxylic acids is 1. The standard InChI is InChI=1S/C28H32F7N3O3S.ClH/c1-17-11-21(29)3-4-23(17)25-16-38(42(40,41)22-5-8-36-9-6-22)10-7-24(25)26(39)37(2)15-18-12-19(27(30,31)32)14-20(13-18)28(33,34)35;/h3-4,11-14,22,24-25,36H,5-10,15-16H2,1-2H3;1H. The van der Waals surface area contributed by atoms with Gasteiger partial charge in [-0.25, -0.2) is 17.1 Å². The summed E-state index contributed by atoms with van der Waals surface area (Å²) in [7, 11) is -2.44. The number of piperidine rings is 2. The van der Waals surface area contributed by atoms with E-state index in [-0.39, 0.29) is 43.5 Å². The van der Waals surface area contributed by atoms with Crippen molar-refractivity contribution in [3.05, 3.63) is 70.0 Å². The van der Waals surface area contributed by atoms with Crippen molar-refractivity contribution in [2.24, 2.45) is 5.92 Å². The molecular formula is C28H33ClF7N3O3S. The summed E-state index contributed by atoms with van der Waals surface area (Å²) in [5.74, 6) is -2.63. The smallest absolute Gasteiger partial charge is 0.341 e. The van der Waals surface area contributed by atoms with E-state index in [1.165, 1.54) is 29.6 Å². The Balaban J connectivity index is 0.00000506. The highest BCUT2D eigenvalue weighted by molar-refractivity contribution is 7.89. The van der Waals surface area contributed by atoms with Gasteiger partial charge in [0.1, 0.15) is 5.82 Å². The summed E-state index contributed by atoms with van der Waals surface area (Å²) >= 11 is 0. The molecule has 2 aliphatic heterocycles. The van der Waals surface area contributed by atoms with Gasteiger partial charge in [-0.15, -0.1) is 12.4 Å². The van der Waals surface area contributed by atoms with Crippen molar-refractivity contribution in [2.45, 2.75) is 56.3 Å². The van der Waals surface area contributed by atoms with Crippen molar-refractivity contribution in [1.82, 2.24) is 14.5 Å². The molecule has 2 unspecified atom stereocenters. The van der Waals surface area contributed by atoms with Gasteiger partial charge in [-0.05, 0) is 86.3 Å². The lowest BCUT2D eigenvalue weighted by Crippen LogP contribution is -2.51. The SMILES string of the molecule is Cc1cc(F)ccc1C1CN(S(=O)(=O)C2CCNCC2)CCC1C(=O)N(C)Cc1cc(C(F)(F)F)cc(C(F)(F)F)c1.Cl. The van der Waals surface area contributed by atoms with Crippen molar-refractivity contribution in [3.63, 3.8) is 0 Å². The summed E-state index contributed by atoms with van der Waals surface area (Å²) in [6.07, 6.45) is -9.12. The molecule has 240 valence electrons. The molecule has 2 aliphatic rings. The van der Waals surface area contributed by atoms with Crippen LogP contribution in [0.3, 0.4) is 0 Å². The Morgan fingerprint density at radius 2 is 1.56 bits per heavy atom. The number of sulfonamides is 1. The molecular weight excluding hydrogens is 627 g/mol. The van der Waals surface area contributed by atoms with Gasteiger partial charge in [0, 0.05) is 38.5 Å². The molecule has 1 N–H and O–H groups in total. The van der Waals surface area contributed by atoms with Crippen LogP contribution in [0.5, 0.6) is 0 Å². The number of rotatable bonds is 6. The fourth-order valence-corrected chi connectivity index (χ4v) is 7.85. The molecule has 15 heteroatoms. The second-order valence-electron chi connectivity index (χ2n) is 11.0. The molecule has 6 nitrogen and oxygen atoms in total. The Bertz CT molecular complexity index is 1380. The third-order valence-corrected chi connectivity index (χ3v) is 10.4. The Morgan fingerprint density at radius 3 is 2.09 bits per heavy atom. The van der Waals surface area contributed by atoms with Gasteiger partial charge in [0.15, 0.2) is 0 Å². The Kier molecular flexibility index (Phi) is 10.8. The van der Waals surface area contributed by atoms with E-state index >= 15 is 0 Å². The molecule has 0 saturated carbocycles. The first kappa shape index (κ1) is 35.1. The van der Waals surface area contributed by atoms with Crippen molar-refractivity contribution < 1.29 is 43.9 Å². The van der Waals surface area contributed by atoms with Gasteiger partial charge in [0.2, 0.25) is 15.9 Å². The van der Waals surface area contributed by atoms with E-state index in [0.717, 1.165) is 4.90 Å². The zero-order chi connectivity index (χ0) is 31.0. The van der Waals surface area contributed by atoms with Crippen LogP contribution in [0.1, 0.15) is 53.0 Å². The van der Waals surface area contributed by atoms with Crippen LogP contribution >= 0.6 is 12.4 Å². The van der Waals surface area contributed by atoms with Crippen molar-refractivity contribution in [2.75, 3.05) is 33.2 Å². The molecule has 2 aromatic rings. The summed E-state index contributed by atoms with van der Waals surface area (Å²) in [5, 5.41) is 2.53. The first-order chi connectivity index (χ1) is 19.5. The lowest BCUT2D eigenvalue weighted by atomic mass is 9.79. The number of halogens is 8. The summed E-state index contributed by atoms with van der Waals surface area (Å²) < 4.78 is 122. The quantitative estimate of drug-likeness (QED) is 0.402. The highest BCUT2D eigenvalue weighted by Gasteiger charge is 2.43. The summed E-state index contributed by atoms with van der Waals surface area (Å²) in [5.41, 5.74) is -2.27. The zero-order valence-corrected chi connectivity index (χ0v) is 25.1. The molecule has 2 saturated heterocycles. The summed E-state index contributed by atoms with van der Waals surface area (Å²) in [6, 6.07) is 5.14. The van der Waals surface area contributed by atoms with Crippen LogP contribution in [0, 0.1) is 18.7 Å². The van der Waals surface area contributed by atoms with Gasteiger partial charge in [-0.2, -0.15) is 26.3 Å². The molecule has 4 rings (SSSR count). The number of carbonyl (C=O) groups is 1. The van der Waals surface area contributed by atoms with Crippen LogP contribution in [0.25, 0.3) is 0 Å². The number of nitrogens with zero attached hydrogens (tertiary/aromatic N) is 2. The molecule has 0 aromatic heterocycles. The predicted octanol–water partition coefficient (Wildman–Crippen LogP) is 5.74. The van der Waals surface area contributed by atoms with Gasteiger partial charge >= 0.3 is 12.4 Å². The molecule has 0 bridgehead atoms. The minimum Gasteiger partial charge on any atom is -0.341 e. The number of nitrogens with one attached hydrogen (secondary N) is 1. The van der Waals surface area contributed by atoms with Crippen molar-refractivity contribution in [3.8, 4) is 0 Å². The molecule has 2 fully saturated rings. The van der Waals surface area contributed by atoms with Crippen LogP contribution in [-0.4, -0.2) is 62.0 Å². The van der Waals surface area contributed by atoms with E-state index in [0.29, 0.717) is 49.2 Å². The largest absolute Gasteiger partial charge is 0.416 e. The lowest BCUT2D eigenvalue weighted by molar-refractivity contribution is -0.143. The molecule has 43 heavy (non-hydrogen) atoms. The van der Waals surface area contributed by atoms with Crippen molar-refractivity contribution >= 4 is 28.3 Å². The van der Waals surface area contributed by atoms with E-state index in [2.05, 4.69) is 5.32 Å². The molecule has 0 spiro atoms. The second-order valence-corrected chi connectivity index (χ2v) is 13.2. The molecule has 0 aliphatic carbocycles. The normalized spacial score (nSPS) is 20.9. The topological polar surface area (TPSA) is 69.7 Å². The van der Waals surface area contributed by atoms with Crippen LogP contribution < -0.4 is 5.32 Å². The molecule has 2 aromatic carbocycles. The number of hydrogen-bond acceptors (Lipinski definition) is 4. The minimum absolute atomic E-state index is 0. The Labute approximate surface area is 252 Å². The first-order valence-electron chi connectivity index (χ1n) is 13.5. The van der Waals surface area contributed by atoms with E-state index < -0.39 is 68.9 Å². The number of amides is 1. The van der Waals surface area contributed by atoms with Crippen molar-refractivity contribution in [1.29, 1.82) is 0 Å². The molecule has 2 heterocycles. The number of hydrogen-bond donors (Lipinski definition) is 1. The second kappa shape index (κ2) is 13.3. The fourth-order valence-electron chi connectivity index (χ4n) is 5.87. The average molecular weight is 660 g/mol. The molecule has 2 atom stereocenters. The number of benzene rings is 2. The molecule has 0 radical (unpaired) electrons. The fraction of sp³-hybridized carbons (Fsp3) is 0.536. The van der Waals surface area contributed by atoms with Crippen LogP contribution in [0.2, 0.25) is 0 Å². The van der Waals surface area contributed by atoms with Crippen LogP contribution in [0.4, 0.5) is 30.7 Å². The van der Waals surface area contributed by atoms with Crippen LogP contribution in [0.15, 0.2) is 36.4 Å². The van der Waals surface area contributed by atoms with E-state index in [9.17, 15) is 43.9 Å². The summed E-state index contributed by atoms with van der Waals surface area (Å²) in [6.45, 7) is 2.16. The minimum atomic E-state index is -5.03. The van der Waals surface area contributed by atoms with Gasteiger partial charge in [-0.3, -0.25) is 4.79 Å². The van der Waals surface area contributed by atoms with Gasteiger partial charge in [0.25, 0.3) is 0 Å². The van der Waals surface area contributed by atoms with Gasteiger partial charge < -0.3 is 10.2 Å².